The zero-order chi connectivity index (χ0) is 53.3. The van der Waals surface area contributed by atoms with Crippen LogP contribution >= 0.6 is 43.6 Å². The summed E-state index contributed by atoms with van der Waals surface area (Å²) < 4.78 is 78.7. The number of ketones is 1. The Balaban J connectivity index is 0.000000247. The van der Waals surface area contributed by atoms with Gasteiger partial charge in [-0.15, -0.1) is 0 Å². The van der Waals surface area contributed by atoms with Gasteiger partial charge in [0, 0.05) is 106 Å². The highest BCUT2D eigenvalue weighted by Gasteiger charge is 2.26. The number of pyridine rings is 4. The van der Waals surface area contributed by atoms with Gasteiger partial charge in [-0.2, -0.15) is 0 Å². The molecular formula is C54H49Br2ClF6N8O. The lowest BCUT2D eigenvalue weighted by Gasteiger charge is -2.11. The lowest BCUT2D eigenvalue weighted by atomic mass is 10.0. The number of nitrogen functional groups attached to an aromatic ring is 1. The third kappa shape index (κ3) is 21.2. The van der Waals surface area contributed by atoms with Crippen molar-refractivity contribution in [1.29, 1.82) is 5.41 Å². The fourth-order valence-electron chi connectivity index (χ4n) is 5.68. The van der Waals surface area contributed by atoms with E-state index >= 15 is 0 Å². The van der Waals surface area contributed by atoms with Crippen LogP contribution in [0.15, 0.2) is 209 Å². The van der Waals surface area contributed by atoms with E-state index in [0.717, 1.165) is 65.6 Å². The number of halogens is 9. The van der Waals surface area contributed by atoms with Gasteiger partial charge in [0.05, 0.1) is 29.0 Å². The Labute approximate surface area is 436 Å². The molecule has 0 spiro atoms. The summed E-state index contributed by atoms with van der Waals surface area (Å²) in [6.45, 7) is 4.02. The van der Waals surface area contributed by atoms with Gasteiger partial charge in [-0.1, -0.05) is 121 Å². The van der Waals surface area contributed by atoms with Crippen molar-refractivity contribution in [3.63, 3.8) is 0 Å². The number of nitrogens with zero attached hydrogens (tertiary/aromatic N) is 5. The molecular weight excluding hydrogens is 1090 g/mol. The minimum Gasteiger partial charge on any atom is -0.397 e. The molecule has 18 heteroatoms. The van der Waals surface area contributed by atoms with Crippen molar-refractivity contribution in [2.75, 3.05) is 5.73 Å². The second kappa shape index (κ2) is 29.4. The van der Waals surface area contributed by atoms with Crippen LogP contribution in [0.2, 0.25) is 0 Å². The predicted octanol–water partition coefficient (Wildman–Crippen LogP) is 15.3. The normalized spacial score (nSPS) is 10.5. The lowest BCUT2D eigenvalue weighted by molar-refractivity contribution is 0.0164. The third-order valence-corrected chi connectivity index (χ3v) is 10.1. The Kier molecular flexibility index (Phi) is 24.3. The SMILES string of the molecule is CC(=O)c1cncc(Br)c1.CC(F)(F)c1cncc(Br)c1.CC(F)(F)c1cncc(N)c1.CC(F)(F)c1cncc(N=C(c2ccccc2)c2ccccc2)c1.N=C(c1ccccc1)c1ccccc1.NCl. The van der Waals surface area contributed by atoms with Crippen molar-refractivity contribution in [2.45, 2.75) is 45.5 Å². The van der Waals surface area contributed by atoms with Gasteiger partial charge in [-0.3, -0.25) is 30.1 Å². The van der Waals surface area contributed by atoms with Crippen LogP contribution < -0.4 is 11.0 Å². The van der Waals surface area contributed by atoms with Crippen LogP contribution in [-0.4, -0.2) is 37.1 Å². The molecule has 0 unspecified atom stereocenters. The molecule has 0 amide bonds. The number of nitrogens with one attached hydrogen (secondary N) is 1. The summed E-state index contributed by atoms with van der Waals surface area (Å²) in [5.74, 6) is -8.58. The van der Waals surface area contributed by atoms with E-state index in [9.17, 15) is 31.1 Å². The Morgan fingerprint density at radius 2 is 0.847 bits per heavy atom. The molecule has 0 bridgehead atoms. The molecule has 4 aromatic carbocycles. The smallest absolute Gasteiger partial charge is 0.272 e. The first-order valence-electron chi connectivity index (χ1n) is 21.2. The van der Waals surface area contributed by atoms with Gasteiger partial charge in [0.2, 0.25) is 0 Å². The van der Waals surface area contributed by atoms with Crippen LogP contribution in [0.1, 0.15) is 77.0 Å². The average Bonchev–Trinajstić information content (AvgIpc) is 3.37. The first-order valence-corrected chi connectivity index (χ1v) is 23.3. The van der Waals surface area contributed by atoms with E-state index in [1.165, 1.54) is 49.9 Å². The van der Waals surface area contributed by atoms with Crippen molar-refractivity contribution in [1.82, 2.24) is 19.9 Å². The van der Waals surface area contributed by atoms with Crippen molar-refractivity contribution >= 4 is 72.2 Å². The maximum atomic E-state index is 13.5. The van der Waals surface area contributed by atoms with Gasteiger partial charge in [-0.05, 0) is 86.0 Å². The Hall–Kier alpha value is -6.92. The fraction of sp³-hybridized carbons (Fsp3) is 0.130. The van der Waals surface area contributed by atoms with Crippen LogP contribution in [0.5, 0.6) is 0 Å². The number of carbonyl (C=O) groups excluding carboxylic acids is 1. The lowest BCUT2D eigenvalue weighted by Crippen LogP contribution is -2.07. The molecule has 0 aliphatic heterocycles. The Morgan fingerprint density at radius 3 is 1.18 bits per heavy atom. The number of Topliss-reactive ketones (excluding diaryl/α,β-unsaturated/α-hetero) is 1. The summed E-state index contributed by atoms with van der Waals surface area (Å²) in [7, 11) is 0. The molecule has 0 saturated heterocycles. The number of carbonyl (C=O) groups is 1. The maximum Gasteiger partial charge on any atom is 0.272 e. The van der Waals surface area contributed by atoms with E-state index in [1.807, 2.05) is 121 Å². The number of benzene rings is 4. The molecule has 4 aromatic heterocycles. The quantitative estimate of drug-likeness (QED) is 0.0562. The number of hydrogen-bond donors (Lipinski definition) is 3. The number of hydrogen-bond acceptors (Lipinski definition) is 9. The van der Waals surface area contributed by atoms with Crippen LogP contribution in [-0.2, 0) is 17.8 Å². The van der Waals surface area contributed by atoms with Crippen LogP contribution in [0.3, 0.4) is 0 Å². The number of nitrogens with two attached hydrogens (primary N) is 2. The molecule has 0 radical (unpaired) electrons. The zero-order valence-electron chi connectivity index (χ0n) is 39.2. The number of anilines is 1. The third-order valence-electron chi connectivity index (χ3n) is 9.28. The first-order chi connectivity index (χ1) is 34.1. The molecule has 0 saturated carbocycles. The first kappa shape index (κ1) is 59.4. The second-order valence-electron chi connectivity index (χ2n) is 15.2. The molecule has 0 atom stereocenters. The van der Waals surface area contributed by atoms with E-state index in [-0.39, 0.29) is 28.2 Å². The predicted molar refractivity (Wildman–Crippen MR) is 283 cm³/mol. The Morgan fingerprint density at radius 1 is 0.500 bits per heavy atom. The van der Waals surface area contributed by atoms with Gasteiger partial charge < -0.3 is 5.73 Å². The van der Waals surface area contributed by atoms with Gasteiger partial charge in [0.15, 0.2) is 5.78 Å². The van der Waals surface area contributed by atoms with E-state index in [2.05, 4.69) is 73.8 Å². The summed E-state index contributed by atoms with van der Waals surface area (Å²) in [4.78, 5) is 30.2. The van der Waals surface area contributed by atoms with E-state index in [1.54, 1.807) is 18.5 Å². The summed E-state index contributed by atoms with van der Waals surface area (Å²) in [5, 5.41) is 11.9. The monoisotopic (exact) mass is 1130 g/mol. The summed E-state index contributed by atoms with van der Waals surface area (Å²) >= 11 is 10.4. The molecule has 0 aliphatic rings. The van der Waals surface area contributed by atoms with Gasteiger partial charge in [-0.25, -0.2) is 36.6 Å². The number of aromatic nitrogens is 4. The highest BCUT2D eigenvalue weighted by molar-refractivity contribution is 9.10. The van der Waals surface area contributed by atoms with Gasteiger partial charge >= 0.3 is 0 Å². The van der Waals surface area contributed by atoms with Crippen molar-refractivity contribution in [3.05, 3.63) is 249 Å². The molecule has 374 valence electrons. The molecule has 5 N–H and O–H groups in total. The maximum absolute atomic E-state index is 13.5. The van der Waals surface area contributed by atoms with E-state index < -0.39 is 17.8 Å². The standard InChI is InChI=1S/C20H16F2N2.C13H11N.C7H6BrF2N.C7H6BrNO.C7H8F2N2.ClH2N/c1-20(21,22)17-12-18(14-23-13-17)24-19(15-8-4-2-5-9-15)16-10-6-3-7-11-16;14-13(11-7-3-1-4-8-11)12-9-5-2-6-10-12;1-7(9,10)5-2-6(8)4-11-3-5;1-5(10)6-2-7(8)4-9-3-6;1-7(8,9)5-2-6(10)4-11-3-5;1-2/h2-14H,1H3;1-10,14H;2-4H,1H3;2-4H,1H3;2-4H,10H2,1H3;2H2. The van der Waals surface area contributed by atoms with E-state index in [4.69, 9.17) is 11.1 Å². The largest absolute Gasteiger partial charge is 0.397 e. The van der Waals surface area contributed by atoms with E-state index in [0.29, 0.717) is 21.4 Å². The fourth-order valence-corrected chi connectivity index (χ4v) is 6.41. The number of aliphatic imine (C=N–C) groups is 1. The van der Waals surface area contributed by atoms with Crippen LogP contribution in [0, 0.1) is 5.41 Å². The molecule has 0 fully saturated rings. The highest BCUT2D eigenvalue weighted by Crippen LogP contribution is 2.30. The molecule has 9 nitrogen and oxygen atoms in total. The van der Waals surface area contributed by atoms with Crippen molar-refractivity contribution < 1.29 is 31.1 Å². The number of rotatable bonds is 9. The summed E-state index contributed by atoms with van der Waals surface area (Å²) in [6.07, 6.45) is 10.9. The Bertz CT molecular complexity index is 2790. The van der Waals surface area contributed by atoms with Gasteiger partial charge in [0.25, 0.3) is 17.8 Å². The molecule has 0 aliphatic carbocycles. The zero-order valence-corrected chi connectivity index (χ0v) is 43.1. The van der Waals surface area contributed by atoms with Gasteiger partial charge in [0.1, 0.15) is 0 Å². The van der Waals surface area contributed by atoms with Crippen LogP contribution in [0.4, 0.5) is 37.7 Å². The summed E-state index contributed by atoms with van der Waals surface area (Å²) in [5.41, 5.74) is 11.2. The molecule has 8 rings (SSSR count). The second-order valence-corrected chi connectivity index (χ2v) is 17.1. The number of alkyl halides is 6. The molecule has 8 aromatic rings. The average molecular weight is 1140 g/mol. The minimum atomic E-state index is -2.95. The van der Waals surface area contributed by atoms with Crippen molar-refractivity contribution in [2.24, 2.45) is 10.2 Å². The minimum absolute atomic E-state index is 0.0359. The van der Waals surface area contributed by atoms with Crippen LogP contribution in [0.25, 0.3) is 0 Å². The molecule has 72 heavy (non-hydrogen) atoms. The summed E-state index contributed by atoms with van der Waals surface area (Å²) in [6, 6.07) is 44.5. The highest BCUT2D eigenvalue weighted by atomic mass is 79.9. The molecule has 4 heterocycles. The topological polar surface area (TPSA) is 157 Å². The van der Waals surface area contributed by atoms with Crippen molar-refractivity contribution in [3.8, 4) is 0 Å².